The van der Waals surface area contributed by atoms with Crippen LogP contribution in [0, 0.1) is 17.1 Å². The fourth-order valence-electron chi connectivity index (χ4n) is 2.44. The third-order valence-electron chi connectivity index (χ3n) is 3.49. The zero-order valence-corrected chi connectivity index (χ0v) is 20.2. The predicted molar refractivity (Wildman–Crippen MR) is 126 cm³/mol. The van der Waals surface area contributed by atoms with E-state index in [1.165, 1.54) is 15.2 Å². The van der Waals surface area contributed by atoms with Crippen LogP contribution in [0.25, 0.3) is 10.9 Å². The normalized spacial score (nSPS) is 12.0. The van der Waals surface area contributed by atoms with Crippen molar-refractivity contribution in [3.05, 3.63) is 65.4 Å². The molecule has 0 saturated carbocycles. The van der Waals surface area contributed by atoms with Crippen LogP contribution in [-0.4, -0.2) is 20.7 Å². The van der Waals surface area contributed by atoms with E-state index in [9.17, 15) is 4.39 Å². The van der Waals surface area contributed by atoms with Gasteiger partial charge in [0.05, 0.1) is 12.0 Å². The molecule has 2 atom stereocenters. The van der Waals surface area contributed by atoms with Crippen molar-refractivity contribution in [2.75, 3.05) is 6.61 Å². The zero-order chi connectivity index (χ0) is 19.8. The van der Waals surface area contributed by atoms with Gasteiger partial charge in [0, 0.05) is 60.3 Å². The summed E-state index contributed by atoms with van der Waals surface area (Å²) in [5.74, 6) is -0.331. The van der Waals surface area contributed by atoms with Crippen molar-refractivity contribution in [1.29, 1.82) is 5.26 Å². The third-order valence-corrected chi connectivity index (χ3v) is 6.32. The smallest absolute Gasteiger partial charge is 0.140 e. The van der Waals surface area contributed by atoms with E-state index in [-0.39, 0.29) is 24.6 Å². The Morgan fingerprint density at radius 1 is 1.44 bits per heavy atom. The molecule has 3 rings (SSSR count). The van der Waals surface area contributed by atoms with Crippen LogP contribution in [0.15, 0.2) is 42.7 Å². The van der Waals surface area contributed by atoms with Crippen LogP contribution in [0.1, 0.15) is 29.8 Å². The topological polar surface area (TPSA) is 71.1 Å². The molecule has 0 saturated heterocycles. The Balaban J connectivity index is 0.000000817. The monoisotopic (exact) mass is 629 g/mol. The summed E-state index contributed by atoms with van der Waals surface area (Å²) in [6.45, 7) is 2.09. The van der Waals surface area contributed by atoms with E-state index in [4.69, 9.17) is 14.9 Å². The van der Waals surface area contributed by atoms with Crippen LogP contribution in [0.3, 0.4) is 0 Å². The molecule has 0 aliphatic carbocycles. The van der Waals surface area contributed by atoms with Crippen LogP contribution in [0.2, 0.25) is 0 Å². The molecule has 0 amide bonds. The first-order valence-corrected chi connectivity index (χ1v) is 15.0. The number of nitriles is 1. The van der Waals surface area contributed by atoms with Gasteiger partial charge < -0.3 is 9.63 Å². The highest BCUT2D eigenvalue weighted by molar-refractivity contribution is 14.2. The largest absolute Gasteiger partial charge is 0.397 e. The maximum absolute atomic E-state index is 14.8. The maximum Gasteiger partial charge on any atom is 0.140 e. The Kier molecular flexibility index (Phi) is 9.69. The summed E-state index contributed by atoms with van der Waals surface area (Å²) in [5, 5.41) is 17.5. The average molecular weight is 629 g/mol. The summed E-state index contributed by atoms with van der Waals surface area (Å²) in [5.41, 5.74) is 2.27. The lowest BCUT2D eigenvalue weighted by Crippen LogP contribution is -2.05. The van der Waals surface area contributed by atoms with Crippen LogP contribution in [0.5, 0.6) is 0 Å². The van der Waals surface area contributed by atoms with Crippen molar-refractivity contribution in [2.45, 2.75) is 13.0 Å². The number of benzene rings is 1. The van der Waals surface area contributed by atoms with Crippen molar-refractivity contribution in [1.82, 2.24) is 8.96 Å². The molecular formula is C17H15FI2N3O2PS. The first-order valence-electron chi connectivity index (χ1n) is 7.67. The second-order valence-corrected chi connectivity index (χ2v) is 8.54. The van der Waals surface area contributed by atoms with Crippen molar-refractivity contribution in [3.63, 3.8) is 0 Å². The van der Waals surface area contributed by atoms with Crippen LogP contribution < -0.4 is 0 Å². The minimum absolute atomic E-state index is 0.155. The van der Waals surface area contributed by atoms with Gasteiger partial charge in [-0.15, -0.1) is 0 Å². The Bertz CT molecular complexity index is 952. The molecule has 1 N–H and O–H groups in total. The molecule has 10 heteroatoms. The molecule has 27 heavy (non-hydrogen) atoms. The summed E-state index contributed by atoms with van der Waals surface area (Å²) in [6.07, 6.45) is 2.87. The van der Waals surface area contributed by atoms with Crippen LogP contribution >= 0.6 is 58.8 Å². The van der Waals surface area contributed by atoms with E-state index in [2.05, 4.69) is 48.2 Å². The van der Waals surface area contributed by atoms with Gasteiger partial charge in [-0.25, -0.2) is 9.37 Å². The van der Waals surface area contributed by atoms with Gasteiger partial charge in [0.15, 0.2) is 0 Å². The van der Waals surface area contributed by atoms with Gasteiger partial charge in [-0.2, -0.15) is 5.26 Å². The molecule has 1 aromatic carbocycles. The number of aromatic nitrogens is 2. The lowest BCUT2D eigenvalue weighted by Gasteiger charge is -2.18. The van der Waals surface area contributed by atoms with Crippen molar-refractivity contribution < 1.29 is 14.0 Å². The van der Waals surface area contributed by atoms with Crippen LogP contribution in [0.4, 0.5) is 4.39 Å². The highest BCUT2D eigenvalue weighted by Gasteiger charge is 2.21. The summed E-state index contributed by atoms with van der Waals surface area (Å²) in [6, 6.07) is 10.7. The number of hydrogen-bond acceptors (Lipinski definition) is 5. The first kappa shape index (κ1) is 22.8. The summed E-state index contributed by atoms with van der Waals surface area (Å²) in [4.78, 5) is 3.96. The summed E-state index contributed by atoms with van der Waals surface area (Å²) >= 11 is 4.27. The predicted octanol–water partition coefficient (Wildman–Crippen LogP) is 5.94. The van der Waals surface area contributed by atoms with E-state index in [1.54, 1.807) is 25.3 Å². The number of pyridine rings is 1. The number of fused-ring (bicyclic) bond motifs is 1. The molecule has 0 aliphatic rings. The van der Waals surface area contributed by atoms with E-state index >= 15 is 0 Å². The standard InChI is InChI=1S/C15H9FI2N3OPS.C2H6O/c16-13-7-14-9(2-4-21(14)24-18)6-12(13)15(22-23-17)10-1-3-20-11(5-10)8-19;1-2-3/h1-7,15,23H;3H,2H2,1H3. The lowest BCUT2D eigenvalue weighted by molar-refractivity contribution is 0.285. The van der Waals surface area contributed by atoms with Gasteiger partial charge >= 0.3 is 0 Å². The molecule has 142 valence electrons. The molecule has 2 aromatic heterocycles. The van der Waals surface area contributed by atoms with E-state index in [0.29, 0.717) is 11.1 Å². The third kappa shape index (κ3) is 5.74. The minimum Gasteiger partial charge on any atom is -0.397 e. The van der Waals surface area contributed by atoms with Gasteiger partial charge in [-0.1, -0.05) is 0 Å². The molecular weight excluding hydrogens is 614 g/mol. The molecule has 0 aliphatic heterocycles. The number of rotatable bonds is 5. The Morgan fingerprint density at radius 3 is 2.81 bits per heavy atom. The maximum atomic E-state index is 14.8. The molecule has 0 fully saturated rings. The van der Waals surface area contributed by atoms with Gasteiger partial charge in [-0.3, -0.25) is 3.97 Å². The molecule has 0 bridgehead atoms. The highest BCUT2D eigenvalue weighted by Crippen LogP contribution is 2.39. The second-order valence-electron chi connectivity index (χ2n) is 5.12. The molecule has 0 radical (unpaired) electrons. The minimum atomic E-state index is -0.574. The van der Waals surface area contributed by atoms with E-state index in [1.807, 2.05) is 28.4 Å². The highest BCUT2D eigenvalue weighted by atomic mass is 127. The number of aliphatic hydroxyl groups excluding tert-OH is 1. The number of hydrogen-bond donors (Lipinski definition) is 1. The van der Waals surface area contributed by atoms with Crippen molar-refractivity contribution in [2.24, 2.45) is 0 Å². The second kappa shape index (κ2) is 11.5. The van der Waals surface area contributed by atoms with E-state index < -0.39 is 6.10 Å². The molecule has 0 spiro atoms. The number of nitrogens with zero attached hydrogens (tertiary/aromatic N) is 3. The summed E-state index contributed by atoms with van der Waals surface area (Å²) in [7, 11) is 1.48. The SMILES string of the molecule is CCO.N#Cc1cc(C(OPI)c2cc3ccn(SI)c3cc2F)ccn1. The fraction of sp³-hybridized carbons (Fsp3) is 0.176. The fourth-order valence-corrected chi connectivity index (χ4v) is 4.92. The van der Waals surface area contributed by atoms with E-state index in [0.717, 1.165) is 10.9 Å². The molecule has 5 nitrogen and oxygen atoms in total. The average Bonchev–Trinajstić information content (AvgIpc) is 3.08. The lowest BCUT2D eigenvalue weighted by atomic mass is 10.00. The summed E-state index contributed by atoms with van der Waals surface area (Å²) < 4.78 is 22.5. The molecule has 3 aromatic rings. The molecule has 2 heterocycles. The molecule has 2 unspecified atom stereocenters. The van der Waals surface area contributed by atoms with Crippen molar-refractivity contribution >= 4 is 69.7 Å². The quantitative estimate of drug-likeness (QED) is 0.280. The zero-order valence-electron chi connectivity index (χ0n) is 14.1. The Morgan fingerprint density at radius 2 is 2.19 bits per heavy atom. The van der Waals surface area contributed by atoms with Crippen molar-refractivity contribution in [3.8, 4) is 6.07 Å². The Hall–Kier alpha value is -0.510. The Labute approximate surface area is 187 Å². The van der Waals surface area contributed by atoms with Gasteiger partial charge in [0.25, 0.3) is 0 Å². The number of aliphatic hydroxyl groups is 1. The van der Waals surface area contributed by atoms with Gasteiger partial charge in [0.1, 0.15) is 23.7 Å². The first-order chi connectivity index (χ1) is 13.1. The van der Waals surface area contributed by atoms with Gasteiger partial charge in [0.2, 0.25) is 0 Å². The van der Waals surface area contributed by atoms with Gasteiger partial charge in [-0.05, 0) is 64.9 Å². The number of halogens is 3. The van der Waals surface area contributed by atoms with Crippen LogP contribution in [-0.2, 0) is 4.52 Å².